The summed E-state index contributed by atoms with van der Waals surface area (Å²) in [6.45, 7) is 1.22. The van der Waals surface area contributed by atoms with Crippen molar-refractivity contribution in [3.05, 3.63) is 17.3 Å². The van der Waals surface area contributed by atoms with Crippen LogP contribution in [0.4, 0.5) is 16.3 Å². The highest BCUT2D eigenvalue weighted by atomic mass is 35.5. The average molecular weight is 407 g/mol. The maximum absolute atomic E-state index is 12.8. The lowest BCUT2D eigenvalue weighted by Gasteiger charge is -2.57. The Morgan fingerprint density at radius 3 is 2.79 bits per heavy atom. The van der Waals surface area contributed by atoms with E-state index < -0.39 is 5.60 Å². The molecule has 28 heavy (non-hydrogen) atoms. The molecule has 7 nitrogen and oxygen atoms in total. The van der Waals surface area contributed by atoms with Gasteiger partial charge >= 0.3 is 6.09 Å². The molecule has 4 N–H and O–H groups in total. The quantitative estimate of drug-likeness (QED) is 0.713. The molecule has 0 aromatic carbocycles. The zero-order valence-electron chi connectivity index (χ0n) is 15.8. The van der Waals surface area contributed by atoms with E-state index >= 15 is 0 Å². The van der Waals surface area contributed by atoms with Gasteiger partial charge in [0.1, 0.15) is 11.9 Å². The number of pyridine rings is 1. The molecule has 4 bridgehead atoms. The van der Waals surface area contributed by atoms with Crippen molar-refractivity contribution >= 4 is 29.2 Å². The smallest absolute Gasteiger partial charge is 0.410 e. The summed E-state index contributed by atoms with van der Waals surface area (Å²) in [6, 6.07) is 1.75. The number of nitrogens with two attached hydrogens (primary N) is 1. The lowest BCUT2D eigenvalue weighted by molar-refractivity contribution is -0.177. The van der Waals surface area contributed by atoms with Gasteiger partial charge in [-0.1, -0.05) is 11.6 Å². The van der Waals surface area contributed by atoms with Gasteiger partial charge in [0, 0.05) is 25.3 Å². The van der Waals surface area contributed by atoms with Crippen molar-refractivity contribution in [2.75, 3.05) is 24.1 Å². The predicted octanol–water partition coefficient (Wildman–Crippen LogP) is 2.88. The molecule has 1 saturated heterocycles. The van der Waals surface area contributed by atoms with E-state index in [-0.39, 0.29) is 18.2 Å². The van der Waals surface area contributed by atoms with E-state index in [4.69, 9.17) is 22.1 Å². The number of carbonyl (C=O) groups is 1. The van der Waals surface area contributed by atoms with Crippen LogP contribution in [0.2, 0.25) is 5.02 Å². The van der Waals surface area contributed by atoms with E-state index in [1.807, 2.05) is 0 Å². The van der Waals surface area contributed by atoms with Crippen LogP contribution in [0.15, 0.2) is 12.3 Å². The maximum Gasteiger partial charge on any atom is 0.410 e. The summed E-state index contributed by atoms with van der Waals surface area (Å²) >= 11 is 5.90. The SMILES string of the molecule is Nc1cc(Cl)cnc1NC1CCN(C(=O)OC2C3CC4C[C@@H]2CC(O)(C4)C3)C1. The highest BCUT2D eigenvalue weighted by molar-refractivity contribution is 6.30. The van der Waals surface area contributed by atoms with Gasteiger partial charge in [-0.05, 0) is 62.3 Å². The Hall–Kier alpha value is -1.73. The number of nitrogen functional groups attached to an aromatic ring is 1. The standard InChI is InChI=1S/C20H27ClN4O3/c21-14-5-16(22)18(23-9-14)24-15-1-2-25(10-15)19(26)28-17-12-3-11-4-13(17)8-20(27,6-11)7-12/h5,9,11-13,15,17,27H,1-4,6-8,10,22H2,(H,23,24)/t11?,12-,13?,15?,17?,20?/m1/s1. The first kappa shape index (κ1) is 18.3. The number of hydrogen-bond donors (Lipinski definition) is 3. The molecule has 4 saturated carbocycles. The average Bonchev–Trinajstić information content (AvgIpc) is 3.08. The summed E-state index contributed by atoms with van der Waals surface area (Å²) in [5, 5.41) is 14.5. The second-order valence-electron chi connectivity index (χ2n) is 9.21. The lowest BCUT2D eigenvalue weighted by Crippen LogP contribution is -2.58. The van der Waals surface area contributed by atoms with Gasteiger partial charge in [-0.3, -0.25) is 0 Å². The number of halogens is 1. The van der Waals surface area contributed by atoms with Crippen LogP contribution in [0.3, 0.4) is 0 Å². The van der Waals surface area contributed by atoms with Gasteiger partial charge < -0.3 is 25.8 Å². The molecular weight excluding hydrogens is 380 g/mol. The summed E-state index contributed by atoms with van der Waals surface area (Å²) in [4.78, 5) is 18.8. The summed E-state index contributed by atoms with van der Waals surface area (Å²) in [7, 11) is 0. The van der Waals surface area contributed by atoms with Crippen LogP contribution in [-0.2, 0) is 4.74 Å². The fourth-order valence-electron chi connectivity index (χ4n) is 6.13. The highest BCUT2D eigenvalue weighted by Gasteiger charge is 2.56. The monoisotopic (exact) mass is 406 g/mol. The number of aliphatic hydroxyl groups is 1. The molecule has 1 amide bonds. The number of nitrogens with one attached hydrogen (secondary N) is 1. The molecule has 0 spiro atoms. The summed E-state index contributed by atoms with van der Waals surface area (Å²) in [5.74, 6) is 1.83. The van der Waals surface area contributed by atoms with Gasteiger partial charge in [0.25, 0.3) is 0 Å². The topological polar surface area (TPSA) is 101 Å². The Morgan fingerprint density at radius 1 is 1.36 bits per heavy atom. The zero-order valence-corrected chi connectivity index (χ0v) is 16.6. The van der Waals surface area contributed by atoms with E-state index in [0.717, 1.165) is 38.5 Å². The number of hydrogen-bond acceptors (Lipinski definition) is 6. The molecule has 5 aliphatic rings. The number of carbonyl (C=O) groups excluding carboxylic acids is 1. The third kappa shape index (κ3) is 3.28. The highest BCUT2D eigenvalue weighted by Crippen LogP contribution is 2.56. The van der Waals surface area contributed by atoms with E-state index in [9.17, 15) is 9.90 Å². The van der Waals surface area contributed by atoms with Crippen molar-refractivity contribution in [2.45, 2.75) is 56.3 Å². The molecule has 1 aliphatic heterocycles. The number of likely N-dealkylation sites (tertiary alicyclic amines) is 1. The van der Waals surface area contributed by atoms with Crippen LogP contribution >= 0.6 is 11.6 Å². The summed E-state index contributed by atoms with van der Waals surface area (Å²) < 4.78 is 5.98. The number of amides is 1. The second kappa shape index (κ2) is 6.66. The molecule has 5 unspecified atom stereocenters. The lowest BCUT2D eigenvalue weighted by atomic mass is 9.53. The second-order valence-corrected chi connectivity index (χ2v) is 9.65. The van der Waals surface area contributed by atoms with Gasteiger partial charge in [0.15, 0.2) is 0 Å². The van der Waals surface area contributed by atoms with E-state index in [1.54, 1.807) is 17.2 Å². The van der Waals surface area contributed by atoms with E-state index in [1.165, 1.54) is 0 Å². The van der Waals surface area contributed by atoms with Crippen molar-refractivity contribution in [1.29, 1.82) is 0 Å². The third-order valence-electron chi connectivity index (χ3n) is 7.06. The van der Waals surface area contributed by atoms with Gasteiger partial charge in [0.2, 0.25) is 0 Å². The van der Waals surface area contributed by atoms with Crippen molar-refractivity contribution < 1.29 is 14.6 Å². The van der Waals surface area contributed by atoms with Gasteiger partial charge in [-0.25, -0.2) is 9.78 Å². The number of rotatable bonds is 3. The fraction of sp³-hybridized carbons (Fsp3) is 0.700. The number of anilines is 2. The van der Waals surface area contributed by atoms with Crippen LogP contribution in [-0.4, -0.2) is 51.9 Å². The molecular formula is C20H27ClN4O3. The minimum atomic E-state index is -0.506. The van der Waals surface area contributed by atoms with Crippen LogP contribution in [0.5, 0.6) is 0 Å². The van der Waals surface area contributed by atoms with Crippen molar-refractivity contribution in [3.63, 3.8) is 0 Å². The molecule has 0 radical (unpaired) electrons. The Bertz CT molecular complexity index is 775. The van der Waals surface area contributed by atoms with Crippen LogP contribution in [0, 0.1) is 17.8 Å². The molecule has 5 fully saturated rings. The van der Waals surface area contributed by atoms with Crippen LogP contribution in [0.25, 0.3) is 0 Å². The molecule has 4 aliphatic carbocycles. The zero-order chi connectivity index (χ0) is 19.5. The Labute approximate surface area is 169 Å². The van der Waals surface area contributed by atoms with Crippen LogP contribution < -0.4 is 11.1 Å². The number of aromatic nitrogens is 1. The van der Waals surface area contributed by atoms with Gasteiger partial charge in [-0.15, -0.1) is 0 Å². The minimum absolute atomic E-state index is 0.0371. The number of nitrogens with zero attached hydrogens (tertiary/aromatic N) is 2. The molecule has 1 aromatic rings. The predicted molar refractivity (Wildman–Crippen MR) is 106 cm³/mol. The molecule has 6 atom stereocenters. The van der Waals surface area contributed by atoms with Crippen molar-refractivity contribution in [2.24, 2.45) is 17.8 Å². The molecule has 6 rings (SSSR count). The number of ether oxygens (including phenoxy) is 1. The van der Waals surface area contributed by atoms with Crippen molar-refractivity contribution in [1.82, 2.24) is 9.88 Å². The molecule has 2 heterocycles. The van der Waals surface area contributed by atoms with Crippen LogP contribution in [0.1, 0.15) is 38.5 Å². The van der Waals surface area contributed by atoms with E-state index in [0.29, 0.717) is 47.4 Å². The normalized spacial score (nSPS) is 38.6. The third-order valence-corrected chi connectivity index (χ3v) is 7.27. The first-order chi connectivity index (χ1) is 13.4. The first-order valence-corrected chi connectivity index (χ1v) is 10.6. The molecule has 152 valence electrons. The molecule has 8 heteroatoms. The first-order valence-electron chi connectivity index (χ1n) is 10.2. The maximum atomic E-state index is 12.8. The van der Waals surface area contributed by atoms with E-state index in [2.05, 4.69) is 10.3 Å². The van der Waals surface area contributed by atoms with Gasteiger partial charge in [-0.2, -0.15) is 0 Å². The fourth-order valence-corrected chi connectivity index (χ4v) is 6.30. The Balaban J connectivity index is 1.18. The molecule has 1 aromatic heterocycles. The summed E-state index contributed by atoms with van der Waals surface area (Å²) in [5.41, 5.74) is 5.95. The van der Waals surface area contributed by atoms with Crippen molar-refractivity contribution in [3.8, 4) is 0 Å². The Morgan fingerprint density at radius 2 is 2.11 bits per heavy atom. The largest absolute Gasteiger partial charge is 0.446 e. The Kier molecular flexibility index (Phi) is 4.36. The van der Waals surface area contributed by atoms with Gasteiger partial charge in [0.05, 0.1) is 16.3 Å². The minimum Gasteiger partial charge on any atom is -0.446 e. The summed E-state index contributed by atoms with van der Waals surface area (Å²) in [6.07, 6.45) is 6.77.